The first kappa shape index (κ1) is 12.9. The fourth-order valence-corrected chi connectivity index (χ4v) is 3.04. The molecule has 20 heavy (non-hydrogen) atoms. The summed E-state index contributed by atoms with van der Waals surface area (Å²) in [5.41, 5.74) is 3.11. The van der Waals surface area contributed by atoms with Gasteiger partial charge in [-0.2, -0.15) is 0 Å². The highest BCUT2D eigenvalue weighted by atomic mass is 16.2. The molecule has 0 aliphatic carbocycles. The molecule has 0 bridgehead atoms. The predicted molar refractivity (Wildman–Crippen MR) is 79.5 cm³/mol. The van der Waals surface area contributed by atoms with Gasteiger partial charge < -0.3 is 10.2 Å². The third-order valence-corrected chi connectivity index (χ3v) is 4.03. The summed E-state index contributed by atoms with van der Waals surface area (Å²) in [4.78, 5) is 14.2. The van der Waals surface area contributed by atoms with E-state index in [4.69, 9.17) is 0 Å². The third kappa shape index (κ3) is 1.91. The van der Waals surface area contributed by atoms with Gasteiger partial charge in [0.05, 0.1) is 12.1 Å². The maximum atomic E-state index is 12.4. The first-order valence-electron chi connectivity index (χ1n) is 6.82. The normalized spacial score (nSPS) is 19.0. The smallest absolute Gasteiger partial charge is 0.254 e. The topological polar surface area (TPSA) is 32.3 Å². The van der Waals surface area contributed by atoms with Gasteiger partial charge in [-0.05, 0) is 24.2 Å². The van der Waals surface area contributed by atoms with E-state index in [2.05, 4.69) is 23.5 Å². The Hall–Kier alpha value is -2.13. The zero-order chi connectivity index (χ0) is 14.1. The van der Waals surface area contributed by atoms with Crippen molar-refractivity contribution < 1.29 is 4.79 Å². The minimum atomic E-state index is 0.0334. The number of nitrogens with zero attached hydrogens (tertiary/aromatic N) is 1. The molecule has 1 N–H and O–H groups in total. The van der Waals surface area contributed by atoms with Gasteiger partial charge in [-0.15, -0.1) is 0 Å². The second kappa shape index (κ2) is 5.10. The molecule has 0 saturated carbocycles. The van der Waals surface area contributed by atoms with Crippen molar-refractivity contribution in [1.82, 2.24) is 10.2 Å². The van der Waals surface area contributed by atoms with Gasteiger partial charge in [0.15, 0.2) is 0 Å². The minimum Gasteiger partial charge on any atom is -0.333 e. The fraction of sp³-hybridized carbons (Fsp3) is 0.235. The molecule has 3 nitrogen and oxygen atoms in total. The standard InChI is InChI=1S/C17H18N2O/c1-18-15(12-8-4-3-5-9-12)16-13-10-6-7-11-14(13)17(20)19(16)2/h3-11,15-16,18H,1-2H3. The number of benzene rings is 2. The van der Waals surface area contributed by atoms with Crippen LogP contribution in [0, 0.1) is 0 Å². The Kier molecular flexibility index (Phi) is 3.28. The van der Waals surface area contributed by atoms with Crippen molar-refractivity contribution in [3.05, 3.63) is 71.3 Å². The van der Waals surface area contributed by atoms with E-state index < -0.39 is 0 Å². The molecule has 0 saturated heterocycles. The highest BCUT2D eigenvalue weighted by Crippen LogP contribution is 2.40. The SMILES string of the molecule is CNC(c1ccccc1)C1c2ccccc2C(=O)N1C. The number of rotatable bonds is 3. The van der Waals surface area contributed by atoms with E-state index in [9.17, 15) is 4.79 Å². The Labute approximate surface area is 119 Å². The van der Waals surface area contributed by atoms with Crippen LogP contribution in [0.15, 0.2) is 54.6 Å². The molecule has 1 heterocycles. The van der Waals surface area contributed by atoms with Crippen LogP contribution in [-0.2, 0) is 0 Å². The van der Waals surface area contributed by atoms with Gasteiger partial charge in [-0.3, -0.25) is 4.79 Å². The van der Waals surface area contributed by atoms with Crippen LogP contribution in [0.2, 0.25) is 0 Å². The summed E-state index contributed by atoms with van der Waals surface area (Å²) in [6, 6.07) is 18.3. The average molecular weight is 266 g/mol. The number of carbonyl (C=O) groups excluding carboxylic acids is 1. The number of likely N-dealkylation sites (N-methyl/N-ethyl adjacent to an activating group) is 2. The highest BCUT2D eigenvalue weighted by Gasteiger charge is 2.38. The monoisotopic (exact) mass is 266 g/mol. The van der Waals surface area contributed by atoms with Gasteiger partial charge >= 0.3 is 0 Å². The van der Waals surface area contributed by atoms with E-state index in [1.165, 1.54) is 5.56 Å². The molecule has 1 amide bonds. The molecular weight excluding hydrogens is 248 g/mol. The van der Waals surface area contributed by atoms with Crippen LogP contribution in [0.1, 0.15) is 33.6 Å². The van der Waals surface area contributed by atoms with Crippen molar-refractivity contribution in [1.29, 1.82) is 0 Å². The number of nitrogens with one attached hydrogen (secondary N) is 1. The summed E-state index contributed by atoms with van der Waals surface area (Å²) in [5, 5.41) is 3.36. The summed E-state index contributed by atoms with van der Waals surface area (Å²) in [6.45, 7) is 0. The van der Waals surface area contributed by atoms with Crippen LogP contribution in [-0.4, -0.2) is 24.9 Å². The van der Waals surface area contributed by atoms with E-state index in [0.29, 0.717) is 0 Å². The van der Waals surface area contributed by atoms with Crippen molar-refractivity contribution in [2.45, 2.75) is 12.1 Å². The maximum Gasteiger partial charge on any atom is 0.254 e. The molecule has 2 unspecified atom stereocenters. The Morgan fingerprint density at radius 2 is 1.70 bits per heavy atom. The lowest BCUT2D eigenvalue weighted by Crippen LogP contribution is -2.33. The molecule has 0 radical (unpaired) electrons. The lowest BCUT2D eigenvalue weighted by Gasteiger charge is -2.30. The van der Waals surface area contributed by atoms with Crippen molar-refractivity contribution in [2.75, 3.05) is 14.1 Å². The minimum absolute atomic E-state index is 0.0334. The first-order chi connectivity index (χ1) is 9.74. The second-order valence-corrected chi connectivity index (χ2v) is 5.13. The maximum absolute atomic E-state index is 12.4. The molecular formula is C17H18N2O. The number of hydrogen-bond acceptors (Lipinski definition) is 2. The van der Waals surface area contributed by atoms with Gasteiger partial charge in [0.25, 0.3) is 5.91 Å². The Balaban J connectivity index is 2.07. The Bertz CT molecular complexity index is 624. The molecule has 2 atom stereocenters. The van der Waals surface area contributed by atoms with Crippen LogP contribution in [0.25, 0.3) is 0 Å². The van der Waals surface area contributed by atoms with Gasteiger partial charge in [0.2, 0.25) is 0 Å². The largest absolute Gasteiger partial charge is 0.333 e. The second-order valence-electron chi connectivity index (χ2n) is 5.13. The van der Waals surface area contributed by atoms with Gasteiger partial charge in [0.1, 0.15) is 0 Å². The molecule has 2 aromatic rings. The van der Waals surface area contributed by atoms with Crippen molar-refractivity contribution in [3.63, 3.8) is 0 Å². The predicted octanol–water partition coefficient (Wildman–Crippen LogP) is 2.77. The summed E-state index contributed by atoms with van der Waals surface area (Å²) in [5.74, 6) is 0.0989. The summed E-state index contributed by atoms with van der Waals surface area (Å²) >= 11 is 0. The first-order valence-corrected chi connectivity index (χ1v) is 6.82. The van der Waals surface area contributed by atoms with Crippen LogP contribution in [0.5, 0.6) is 0 Å². The number of fused-ring (bicyclic) bond motifs is 1. The van der Waals surface area contributed by atoms with E-state index in [-0.39, 0.29) is 18.0 Å². The summed E-state index contributed by atoms with van der Waals surface area (Å²) in [6.07, 6.45) is 0. The molecule has 0 aromatic heterocycles. The number of carbonyl (C=O) groups is 1. The molecule has 1 aliphatic heterocycles. The van der Waals surface area contributed by atoms with E-state index in [0.717, 1.165) is 11.1 Å². The lowest BCUT2D eigenvalue weighted by molar-refractivity contribution is 0.0747. The van der Waals surface area contributed by atoms with Gasteiger partial charge in [0, 0.05) is 12.6 Å². The van der Waals surface area contributed by atoms with Crippen LogP contribution >= 0.6 is 0 Å². The van der Waals surface area contributed by atoms with E-state index >= 15 is 0 Å². The lowest BCUT2D eigenvalue weighted by atomic mass is 9.93. The molecule has 1 aliphatic rings. The summed E-state index contributed by atoms with van der Waals surface area (Å²) < 4.78 is 0. The van der Waals surface area contributed by atoms with Crippen molar-refractivity contribution >= 4 is 5.91 Å². The zero-order valence-corrected chi connectivity index (χ0v) is 11.7. The Morgan fingerprint density at radius 3 is 2.40 bits per heavy atom. The molecule has 3 heteroatoms. The quantitative estimate of drug-likeness (QED) is 0.926. The number of amides is 1. The fourth-order valence-electron chi connectivity index (χ4n) is 3.04. The van der Waals surface area contributed by atoms with Crippen molar-refractivity contribution in [3.8, 4) is 0 Å². The molecule has 2 aromatic carbocycles. The van der Waals surface area contributed by atoms with Crippen molar-refractivity contribution in [2.24, 2.45) is 0 Å². The molecule has 102 valence electrons. The summed E-state index contributed by atoms with van der Waals surface area (Å²) in [7, 11) is 3.82. The molecule has 0 fully saturated rings. The van der Waals surface area contributed by atoms with E-state index in [1.807, 2.05) is 55.4 Å². The number of hydrogen-bond donors (Lipinski definition) is 1. The molecule has 0 spiro atoms. The van der Waals surface area contributed by atoms with Gasteiger partial charge in [-0.1, -0.05) is 48.5 Å². The zero-order valence-electron chi connectivity index (χ0n) is 11.7. The van der Waals surface area contributed by atoms with Crippen LogP contribution < -0.4 is 5.32 Å². The van der Waals surface area contributed by atoms with Crippen LogP contribution in [0.3, 0.4) is 0 Å². The van der Waals surface area contributed by atoms with E-state index in [1.54, 1.807) is 0 Å². The Morgan fingerprint density at radius 1 is 1.05 bits per heavy atom. The third-order valence-electron chi connectivity index (χ3n) is 4.03. The average Bonchev–Trinajstić information content (AvgIpc) is 2.75. The van der Waals surface area contributed by atoms with Crippen LogP contribution in [0.4, 0.5) is 0 Å². The molecule has 3 rings (SSSR count). The van der Waals surface area contributed by atoms with Gasteiger partial charge in [-0.25, -0.2) is 0 Å². The highest BCUT2D eigenvalue weighted by molar-refractivity contribution is 5.99.